The van der Waals surface area contributed by atoms with Gasteiger partial charge in [-0.15, -0.1) is 0 Å². The zero-order valence-corrected chi connectivity index (χ0v) is 13.4. The fourth-order valence-corrected chi connectivity index (χ4v) is 4.14. The van der Waals surface area contributed by atoms with Crippen LogP contribution in [0, 0.1) is 0 Å². The van der Waals surface area contributed by atoms with Gasteiger partial charge in [0.2, 0.25) is 0 Å². The fraction of sp³-hybridized carbons (Fsp3) is 0.143. The molecule has 1 aromatic heterocycles. The van der Waals surface area contributed by atoms with Gasteiger partial charge in [0.25, 0.3) is 0 Å². The molecule has 0 aliphatic carbocycles. The maximum atomic E-state index is 2.35. The van der Waals surface area contributed by atoms with Crippen molar-refractivity contribution in [2.75, 3.05) is 11.9 Å². The van der Waals surface area contributed by atoms with E-state index in [-0.39, 0.29) is 0 Å². The molecule has 0 spiro atoms. The number of benzene rings is 3. The van der Waals surface area contributed by atoms with Gasteiger partial charge in [0.1, 0.15) is 0 Å². The van der Waals surface area contributed by atoms with E-state index in [1.54, 1.807) is 0 Å². The number of aryl methyl sites for hydroxylation is 1. The number of hydrogen-bond donors (Lipinski definition) is 0. The van der Waals surface area contributed by atoms with E-state index in [2.05, 4.69) is 84.2 Å². The van der Waals surface area contributed by atoms with Crippen molar-refractivity contribution in [1.82, 2.24) is 4.57 Å². The van der Waals surface area contributed by atoms with Crippen LogP contribution in [0.25, 0.3) is 21.8 Å². The first-order valence-electron chi connectivity index (χ1n) is 8.06. The van der Waals surface area contributed by atoms with Crippen molar-refractivity contribution in [2.45, 2.75) is 6.42 Å². The van der Waals surface area contributed by atoms with Crippen molar-refractivity contribution >= 4 is 33.2 Å². The zero-order chi connectivity index (χ0) is 15.6. The Morgan fingerprint density at radius 3 is 2.43 bits per heavy atom. The monoisotopic (exact) mass is 298 g/mol. The zero-order valence-electron chi connectivity index (χ0n) is 13.4. The largest absolute Gasteiger partial charge is 0.344 e. The molecule has 0 radical (unpaired) electrons. The summed E-state index contributed by atoms with van der Waals surface area (Å²) in [5.41, 5.74) is 8.14. The molecule has 2 heteroatoms. The van der Waals surface area contributed by atoms with Crippen molar-refractivity contribution in [2.24, 2.45) is 7.05 Å². The average Bonchev–Trinajstić information content (AvgIpc) is 2.89. The van der Waals surface area contributed by atoms with E-state index >= 15 is 0 Å². The van der Waals surface area contributed by atoms with E-state index in [1.807, 2.05) is 0 Å². The van der Waals surface area contributed by atoms with Crippen LogP contribution >= 0.6 is 0 Å². The Kier molecular flexibility index (Phi) is 2.44. The standard InChI is InChI=1S/C21H18N2/c1-22-18-9-5-3-7-14(18)13-17-20(22)12-11-16-15-8-4-6-10-19(15)23(2)21(16)17/h3-12H,13H2,1-2H3. The lowest BCUT2D eigenvalue weighted by Gasteiger charge is -2.30. The third-order valence-electron chi connectivity index (χ3n) is 5.23. The van der Waals surface area contributed by atoms with Crippen LogP contribution in [0.4, 0.5) is 11.4 Å². The van der Waals surface area contributed by atoms with Gasteiger partial charge in [0, 0.05) is 53.7 Å². The number of para-hydroxylation sites is 2. The summed E-state index contributed by atoms with van der Waals surface area (Å²) in [5, 5.41) is 2.70. The van der Waals surface area contributed by atoms with Gasteiger partial charge in [0.05, 0.1) is 5.52 Å². The molecule has 5 rings (SSSR count). The van der Waals surface area contributed by atoms with Crippen LogP contribution in [0.15, 0.2) is 60.7 Å². The molecule has 0 amide bonds. The molecule has 3 aromatic carbocycles. The Morgan fingerprint density at radius 1 is 0.739 bits per heavy atom. The summed E-state index contributed by atoms with van der Waals surface area (Å²) in [6.45, 7) is 0. The molecule has 1 aliphatic heterocycles. The topological polar surface area (TPSA) is 8.17 Å². The molecule has 0 unspecified atom stereocenters. The van der Waals surface area contributed by atoms with Gasteiger partial charge in [-0.2, -0.15) is 0 Å². The summed E-state index contributed by atoms with van der Waals surface area (Å²) in [6.07, 6.45) is 0.997. The smallest absolute Gasteiger partial charge is 0.0545 e. The Morgan fingerprint density at radius 2 is 1.52 bits per heavy atom. The first-order chi connectivity index (χ1) is 11.3. The lowest BCUT2D eigenvalue weighted by Crippen LogP contribution is -2.19. The molecule has 0 fully saturated rings. The van der Waals surface area contributed by atoms with Crippen molar-refractivity contribution < 1.29 is 0 Å². The minimum atomic E-state index is 0.997. The summed E-state index contributed by atoms with van der Waals surface area (Å²) >= 11 is 0. The fourth-order valence-electron chi connectivity index (χ4n) is 4.14. The molecule has 23 heavy (non-hydrogen) atoms. The second-order valence-electron chi connectivity index (χ2n) is 6.40. The number of anilines is 2. The first kappa shape index (κ1) is 12.8. The number of aromatic nitrogens is 1. The minimum Gasteiger partial charge on any atom is -0.344 e. The van der Waals surface area contributed by atoms with E-state index in [0.29, 0.717) is 0 Å². The molecule has 0 bridgehead atoms. The van der Waals surface area contributed by atoms with Crippen LogP contribution in [0.2, 0.25) is 0 Å². The highest BCUT2D eigenvalue weighted by Crippen LogP contribution is 2.42. The van der Waals surface area contributed by atoms with E-state index in [4.69, 9.17) is 0 Å². The van der Waals surface area contributed by atoms with Crippen LogP contribution in [0.1, 0.15) is 11.1 Å². The van der Waals surface area contributed by atoms with Gasteiger partial charge >= 0.3 is 0 Å². The summed E-state index contributed by atoms with van der Waals surface area (Å²) in [5.74, 6) is 0. The Labute approximate surface area is 135 Å². The number of fused-ring (bicyclic) bond motifs is 6. The first-order valence-corrected chi connectivity index (χ1v) is 8.06. The lowest BCUT2D eigenvalue weighted by atomic mass is 9.94. The van der Waals surface area contributed by atoms with Gasteiger partial charge in [-0.05, 0) is 23.8 Å². The van der Waals surface area contributed by atoms with Crippen molar-refractivity contribution in [3.63, 3.8) is 0 Å². The molecular formula is C21H18N2. The number of nitrogens with zero attached hydrogens (tertiary/aromatic N) is 2. The molecule has 1 aliphatic rings. The maximum absolute atomic E-state index is 2.35. The van der Waals surface area contributed by atoms with Crippen LogP contribution in [-0.4, -0.2) is 11.6 Å². The molecule has 4 aromatic rings. The summed E-state index contributed by atoms with van der Waals surface area (Å²) in [6, 6.07) is 22.0. The van der Waals surface area contributed by atoms with Crippen molar-refractivity contribution in [1.29, 1.82) is 0 Å². The Hall–Kier alpha value is -2.74. The predicted molar refractivity (Wildman–Crippen MR) is 97.7 cm³/mol. The van der Waals surface area contributed by atoms with Crippen LogP contribution in [0.3, 0.4) is 0 Å². The highest BCUT2D eigenvalue weighted by atomic mass is 15.1. The van der Waals surface area contributed by atoms with E-state index < -0.39 is 0 Å². The normalized spacial score (nSPS) is 13.4. The summed E-state index contributed by atoms with van der Waals surface area (Å²) in [7, 11) is 4.36. The Bertz CT molecular complexity index is 1070. The number of hydrogen-bond acceptors (Lipinski definition) is 1. The van der Waals surface area contributed by atoms with E-state index in [0.717, 1.165) is 6.42 Å². The SMILES string of the molecule is CN1c2ccccc2Cc2c1ccc1c3ccccc3n(C)c21. The van der Waals surface area contributed by atoms with Crippen molar-refractivity contribution in [3.8, 4) is 0 Å². The third-order valence-corrected chi connectivity index (χ3v) is 5.23. The quantitative estimate of drug-likeness (QED) is 0.443. The number of rotatable bonds is 0. The van der Waals surface area contributed by atoms with E-state index in [9.17, 15) is 0 Å². The lowest BCUT2D eigenvalue weighted by molar-refractivity contribution is 0.986. The molecule has 0 N–H and O–H groups in total. The average molecular weight is 298 g/mol. The minimum absolute atomic E-state index is 0.997. The molecule has 0 saturated heterocycles. The maximum Gasteiger partial charge on any atom is 0.0545 e. The third kappa shape index (κ3) is 1.58. The molecule has 112 valence electrons. The highest BCUT2D eigenvalue weighted by molar-refractivity contribution is 6.10. The van der Waals surface area contributed by atoms with Gasteiger partial charge in [0.15, 0.2) is 0 Å². The second kappa shape index (κ2) is 4.39. The summed E-state index contributed by atoms with van der Waals surface area (Å²) in [4.78, 5) is 2.32. The van der Waals surface area contributed by atoms with Crippen molar-refractivity contribution in [3.05, 3.63) is 71.8 Å². The Balaban J connectivity index is 1.90. The van der Waals surface area contributed by atoms with Crippen LogP contribution < -0.4 is 4.90 Å². The predicted octanol–water partition coefficient (Wildman–Crippen LogP) is 5.00. The molecular weight excluding hydrogens is 280 g/mol. The van der Waals surface area contributed by atoms with E-state index in [1.165, 1.54) is 44.3 Å². The van der Waals surface area contributed by atoms with Gasteiger partial charge in [-0.1, -0.05) is 42.5 Å². The van der Waals surface area contributed by atoms with Gasteiger partial charge < -0.3 is 9.47 Å². The van der Waals surface area contributed by atoms with Crippen LogP contribution in [0.5, 0.6) is 0 Å². The molecule has 0 atom stereocenters. The van der Waals surface area contributed by atoms with Gasteiger partial charge in [-0.25, -0.2) is 0 Å². The highest BCUT2D eigenvalue weighted by Gasteiger charge is 2.23. The second-order valence-corrected chi connectivity index (χ2v) is 6.40. The van der Waals surface area contributed by atoms with Gasteiger partial charge in [-0.3, -0.25) is 0 Å². The van der Waals surface area contributed by atoms with Crippen LogP contribution in [-0.2, 0) is 13.5 Å². The molecule has 2 nitrogen and oxygen atoms in total. The summed E-state index contributed by atoms with van der Waals surface area (Å²) < 4.78 is 2.35. The molecule has 2 heterocycles. The molecule has 0 saturated carbocycles.